The van der Waals surface area contributed by atoms with Crippen LogP contribution in [-0.4, -0.2) is 113 Å². The van der Waals surface area contributed by atoms with Gasteiger partial charge in [-0.1, -0.05) is 18.2 Å². The van der Waals surface area contributed by atoms with E-state index in [-0.39, 0.29) is 54.1 Å². The van der Waals surface area contributed by atoms with Gasteiger partial charge < -0.3 is 14.8 Å². The number of pyridine rings is 1. The van der Waals surface area contributed by atoms with E-state index in [4.69, 9.17) is 5.14 Å². The van der Waals surface area contributed by atoms with Crippen molar-refractivity contribution >= 4 is 50.5 Å². The lowest BCUT2D eigenvalue weighted by Crippen LogP contribution is -2.52. The van der Waals surface area contributed by atoms with E-state index in [9.17, 15) is 32.0 Å². The third-order valence-electron chi connectivity index (χ3n) is 12.2. The highest BCUT2D eigenvalue weighted by atomic mass is 32.2. The number of H-pyrrole nitrogens is 1. The number of hydrogen-bond acceptors (Lipinski definition) is 11. The third-order valence-corrected chi connectivity index (χ3v) is 13.5. The zero-order chi connectivity index (χ0) is 43.9. The second kappa shape index (κ2) is 17.4. The molecule has 3 saturated heterocycles. The Bertz CT molecular complexity index is 2680. The van der Waals surface area contributed by atoms with Gasteiger partial charge in [-0.05, 0) is 86.5 Å². The molecule has 3 fully saturated rings. The fourth-order valence-electron chi connectivity index (χ4n) is 8.46. The summed E-state index contributed by atoms with van der Waals surface area (Å²) in [5, 5.41) is 6.65. The predicted octanol–water partition coefficient (Wildman–Crippen LogP) is 3.94. The van der Waals surface area contributed by atoms with Crippen LogP contribution >= 0.6 is 0 Å². The largest absolute Gasteiger partial charge is 0.345 e. The number of anilines is 1. The van der Waals surface area contributed by atoms with E-state index >= 15 is 8.78 Å². The number of benzene rings is 2. The van der Waals surface area contributed by atoms with Crippen molar-refractivity contribution in [2.24, 2.45) is 5.14 Å². The first-order chi connectivity index (χ1) is 29.6. The molecular weight excluding hydrogens is 828 g/mol. The summed E-state index contributed by atoms with van der Waals surface area (Å²) in [5.41, 5.74) is 1.56. The number of piperazine rings is 1. The maximum absolute atomic E-state index is 15.6. The zero-order valence-electron chi connectivity index (χ0n) is 33.7. The number of fused-ring (bicyclic) bond motifs is 1. The minimum Gasteiger partial charge on any atom is -0.345 e. The molecule has 3 amide bonds. The standard InChI is InChI=1S/C43H44F3N9O6S/c1-24(62(47,60)61)16-27-3-6-34(44)38(39(27)46)40(58)33-22-49-41-32(33)17-28(19-48-41)29-20-50-43(51-21-29)55-14-12-54(13-15-55)37(57)23-53-10-8-25(9-11-53)30-4-2-26(18-35(30)45)31-5-7-36(56)52-42(31)59/h2-4,6,17-22,24-25,31H,5,7-16,23H2,1H3,(H,48,49)(H2,47,60,61)(H,52,56,59). The number of primary sulfonamides is 1. The summed E-state index contributed by atoms with van der Waals surface area (Å²) < 4.78 is 69.3. The van der Waals surface area contributed by atoms with Crippen LogP contribution in [0.5, 0.6) is 0 Å². The number of carbonyl (C=O) groups excluding carboxylic acids is 4. The summed E-state index contributed by atoms with van der Waals surface area (Å²) in [6.45, 7) is 4.83. The Morgan fingerprint density at radius 2 is 1.60 bits per heavy atom. The molecule has 0 radical (unpaired) electrons. The Morgan fingerprint density at radius 3 is 2.27 bits per heavy atom. The normalized spacial score (nSPS) is 18.6. The lowest BCUT2D eigenvalue weighted by molar-refractivity contribution is -0.134. The molecule has 2 unspecified atom stereocenters. The number of piperidine rings is 2. The average Bonchev–Trinajstić information content (AvgIpc) is 3.68. The number of aromatic amines is 1. The summed E-state index contributed by atoms with van der Waals surface area (Å²) in [7, 11) is -4.00. The first kappa shape index (κ1) is 42.6. The fourth-order valence-corrected chi connectivity index (χ4v) is 8.87. The number of nitrogens with two attached hydrogens (primary N) is 1. The van der Waals surface area contributed by atoms with Crippen molar-refractivity contribution in [1.82, 2.24) is 35.1 Å². The summed E-state index contributed by atoms with van der Waals surface area (Å²) in [6.07, 6.45) is 7.70. The number of amides is 3. The molecule has 8 rings (SSSR count). The SMILES string of the molecule is CC(Cc1ccc(F)c(C(=O)c2c[nH]c3ncc(-c4cnc(N5CCN(C(=O)CN6CCC(c7ccc(C8CCC(=O)NC8=O)cc7F)CC6)CC5)nc4)cc23)c1F)S(N)(=O)=O. The Kier molecular flexibility index (Phi) is 11.9. The summed E-state index contributed by atoms with van der Waals surface area (Å²) in [5.74, 6) is -4.35. The number of aromatic nitrogens is 4. The molecule has 2 atom stereocenters. The molecule has 62 heavy (non-hydrogen) atoms. The highest BCUT2D eigenvalue weighted by molar-refractivity contribution is 7.89. The molecule has 324 valence electrons. The molecular formula is C43H44F3N9O6S. The number of nitrogens with zero attached hydrogens (tertiary/aromatic N) is 6. The second-order valence-electron chi connectivity index (χ2n) is 16.1. The molecule has 4 N–H and O–H groups in total. The van der Waals surface area contributed by atoms with Gasteiger partial charge in [0, 0.05) is 79.5 Å². The van der Waals surface area contributed by atoms with E-state index in [0.29, 0.717) is 97.8 Å². The van der Waals surface area contributed by atoms with Gasteiger partial charge in [0.1, 0.15) is 23.1 Å². The Labute approximate surface area is 355 Å². The minimum absolute atomic E-state index is 0.00398. The van der Waals surface area contributed by atoms with Gasteiger partial charge in [-0.3, -0.25) is 29.4 Å². The molecule has 5 aromatic rings. The fraction of sp³-hybridized carbons (Fsp3) is 0.372. The Morgan fingerprint density at radius 1 is 0.887 bits per heavy atom. The molecule has 0 saturated carbocycles. The molecule has 6 heterocycles. The van der Waals surface area contributed by atoms with Gasteiger partial charge in [-0.15, -0.1) is 0 Å². The lowest BCUT2D eigenvalue weighted by atomic mass is 9.85. The van der Waals surface area contributed by atoms with Gasteiger partial charge in [-0.2, -0.15) is 0 Å². The molecule has 2 aromatic carbocycles. The molecule has 15 nitrogen and oxygen atoms in total. The number of carbonyl (C=O) groups is 4. The van der Waals surface area contributed by atoms with Crippen molar-refractivity contribution in [3.63, 3.8) is 0 Å². The number of imide groups is 1. The van der Waals surface area contributed by atoms with Gasteiger partial charge in [0.25, 0.3) is 0 Å². The minimum atomic E-state index is -4.00. The van der Waals surface area contributed by atoms with Crippen molar-refractivity contribution in [3.05, 3.63) is 106 Å². The number of likely N-dealkylation sites (tertiary alicyclic amines) is 1. The molecule has 0 spiro atoms. The number of nitrogens with one attached hydrogen (secondary N) is 2. The van der Waals surface area contributed by atoms with Gasteiger partial charge >= 0.3 is 0 Å². The van der Waals surface area contributed by atoms with Crippen LogP contribution in [0, 0.1) is 17.5 Å². The third kappa shape index (κ3) is 8.82. The maximum atomic E-state index is 15.6. The lowest BCUT2D eigenvalue weighted by Gasteiger charge is -2.37. The molecule has 3 aliphatic heterocycles. The van der Waals surface area contributed by atoms with Gasteiger partial charge in [0.2, 0.25) is 39.5 Å². The van der Waals surface area contributed by atoms with Crippen LogP contribution in [0.1, 0.15) is 77.1 Å². The highest BCUT2D eigenvalue weighted by Crippen LogP contribution is 2.34. The molecule has 0 bridgehead atoms. The van der Waals surface area contributed by atoms with Gasteiger partial charge in [0.05, 0.1) is 23.3 Å². The van der Waals surface area contributed by atoms with Crippen LogP contribution in [0.15, 0.2) is 61.2 Å². The van der Waals surface area contributed by atoms with Crippen molar-refractivity contribution in [2.75, 3.05) is 50.7 Å². The maximum Gasteiger partial charge on any atom is 0.236 e. The average molecular weight is 872 g/mol. The van der Waals surface area contributed by atoms with Crippen LogP contribution < -0.4 is 15.4 Å². The van der Waals surface area contributed by atoms with Crippen molar-refractivity contribution in [2.45, 2.75) is 56.1 Å². The zero-order valence-corrected chi connectivity index (χ0v) is 34.6. The number of halogens is 3. The van der Waals surface area contributed by atoms with E-state index in [1.54, 1.807) is 36.8 Å². The molecule has 19 heteroatoms. The Hall–Kier alpha value is -6.05. The molecule has 3 aliphatic rings. The van der Waals surface area contributed by atoms with E-state index in [2.05, 4.69) is 30.2 Å². The van der Waals surface area contributed by atoms with Crippen LogP contribution in [0.4, 0.5) is 19.1 Å². The van der Waals surface area contributed by atoms with Crippen molar-refractivity contribution < 1.29 is 40.8 Å². The summed E-state index contributed by atoms with van der Waals surface area (Å²) >= 11 is 0. The first-order valence-corrected chi connectivity index (χ1v) is 22.0. The predicted molar refractivity (Wildman–Crippen MR) is 222 cm³/mol. The number of hydrogen-bond donors (Lipinski definition) is 3. The summed E-state index contributed by atoms with van der Waals surface area (Å²) in [6, 6.07) is 8.59. The smallest absolute Gasteiger partial charge is 0.236 e. The number of sulfonamides is 1. The van der Waals surface area contributed by atoms with Crippen molar-refractivity contribution in [3.8, 4) is 11.1 Å². The van der Waals surface area contributed by atoms with Crippen molar-refractivity contribution in [1.29, 1.82) is 0 Å². The Balaban J connectivity index is 0.848. The van der Waals surface area contributed by atoms with Crippen LogP contribution in [0.25, 0.3) is 22.2 Å². The van der Waals surface area contributed by atoms with Crippen LogP contribution in [0.3, 0.4) is 0 Å². The highest BCUT2D eigenvalue weighted by Gasteiger charge is 2.32. The molecule has 0 aliphatic carbocycles. The quantitative estimate of drug-likeness (QED) is 0.128. The van der Waals surface area contributed by atoms with Gasteiger partial charge in [-0.25, -0.2) is 41.7 Å². The van der Waals surface area contributed by atoms with E-state index in [1.807, 2.05) is 9.80 Å². The summed E-state index contributed by atoms with van der Waals surface area (Å²) in [4.78, 5) is 73.0. The van der Waals surface area contributed by atoms with E-state index < -0.39 is 50.1 Å². The van der Waals surface area contributed by atoms with Crippen LogP contribution in [-0.2, 0) is 30.8 Å². The second-order valence-corrected chi connectivity index (χ2v) is 18.1. The van der Waals surface area contributed by atoms with Crippen LogP contribution in [0.2, 0.25) is 0 Å². The first-order valence-electron chi connectivity index (χ1n) is 20.4. The van der Waals surface area contributed by atoms with E-state index in [1.165, 1.54) is 19.2 Å². The van der Waals surface area contributed by atoms with E-state index in [0.717, 1.165) is 12.1 Å². The number of rotatable bonds is 11. The molecule has 3 aromatic heterocycles. The monoisotopic (exact) mass is 871 g/mol. The van der Waals surface area contributed by atoms with Gasteiger partial charge in [0.15, 0.2) is 0 Å². The number of ketones is 1. The topological polar surface area (TPSA) is 205 Å².